The summed E-state index contributed by atoms with van der Waals surface area (Å²) in [6, 6.07) is 8.08. The Morgan fingerprint density at radius 1 is 1.42 bits per heavy atom. The van der Waals surface area contributed by atoms with E-state index in [1.165, 1.54) is 0 Å². The van der Waals surface area contributed by atoms with Crippen molar-refractivity contribution in [2.24, 2.45) is 0 Å². The maximum Gasteiger partial charge on any atom is 0.145 e. The molecule has 2 aromatic rings. The molecule has 0 spiro atoms. The Labute approximate surface area is 112 Å². The minimum Gasteiger partial charge on any atom is -0.494 e. The van der Waals surface area contributed by atoms with Crippen LogP contribution in [0.4, 0.5) is 0 Å². The van der Waals surface area contributed by atoms with Crippen LogP contribution < -0.4 is 4.74 Å². The van der Waals surface area contributed by atoms with Crippen molar-refractivity contribution in [1.82, 2.24) is 9.88 Å². The number of hydrogen-bond donors (Lipinski definition) is 0. The fraction of sp³-hybridized carbons (Fsp3) is 0.333. The average molecular weight is 253 g/mol. The van der Waals surface area contributed by atoms with E-state index in [1.54, 1.807) is 7.11 Å². The van der Waals surface area contributed by atoms with Gasteiger partial charge in [0, 0.05) is 36.2 Å². The number of methoxy groups -OCH3 is 1. The highest BCUT2D eigenvalue weighted by Crippen LogP contribution is 2.31. The Morgan fingerprint density at radius 2 is 2.26 bits per heavy atom. The summed E-state index contributed by atoms with van der Waals surface area (Å²) in [5, 5.41) is 10.4. The summed E-state index contributed by atoms with van der Waals surface area (Å²) in [7, 11) is 3.70. The Morgan fingerprint density at radius 3 is 3.00 bits per heavy atom. The molecular formula is C15H15N3O. The highest BCUT2D eigenvalue weighted by molar-refractivity contribution is 5.90. The maximum absolute atomic E-state index is 9.50. The fourth-order valence-electron chi connectivity index (χ4n) is 2.66. The van der Waals surface area contributed by atoms with Gasteiger partial charge in [0.1, 0.15) is 17.3 Å². The van der Waals surface area contributed by atoms with Gasteiger partial charge >= 0.3 is 0 Å². The molecule has 0 saturated carbocycles. The lowest BCUT2D eigenvalue weighted by molar-refractivity contribution is 0.310. The first-order valence-corrected chi connectivity index (χ1v) is 6.31. The van der Waals surface area contributed by atoms with E-state index in [-0.39, 0.29) is 0 Å². The second-order valence-electron chi connectivity index (χ2n) is 4.87. The van der Waals surface area contributed by atoms with Crippen molar-refractivity contribution in [3.05, 3.63) is 35.0 Å². The summed E-state index contributed by atoms with van der Waals surface area (Å²) in [5.74, 6) is 0.732. The molecule has 19 heavy (non-hydrogen) atoms. The molecule has 1 aliphatic heterocycles. The molecule has 4 nitrogen and oxygen atoms in total. The molecule has 1 aliphatic rings. The first-order valence-electron chi connectivity index (χ1n) is 6.31. The van der Waals surface area contributed by atoms with Crippen LogP contribution >= 0.6 is 0 Å². The number of nitriles is 1. The van der Waals surface area contributed by atoms with Gasteiger partial charge in [-0.3, -0.25) is 0 Å². The van der Waals surface area contributed by atoms with Crippen molar-refractivity contribution in [3.63, 3.8) is 0 Å². The van der Waals surface area contributed by atoms with E-state index in [0.29, 0.717) is 0 Å². The van der Waals surface area contributed by atoms with E-state index in [9.17, 15) is 5.26 Å². The van der Waals surface area contributed by atoms with Crippen LogP contribution in [-0.2, 0) is 13.0 Å². The van der Waals surface area contributed by atoms with Crippen LogP contribution in [0.25, 0.3) is 10.9 Å². The van der Waals surface area contributed by atoms with Crippen molar-refractivity contribution in [3.8, 4) is 11.8 Å². The normalized spacial score (nSPS) is 15.0. The van der Waals surface area contributed by atoms with Crippen LogP contribution in [0, 0.1) is 11.3 Å². The lowest BCUT2D eigenvalue weighted by atomic mass is 9.96. The second kappa shape index (κ2) is 4.52. The highest BCUT2D eigenvalue weighted by Gasteiger charge is 2.21. The van der Waals surface area contributed by atoms with E-state index < -0.39 is 0 Å². The number of aromatic nitrogens is 1. The molecule has 0 fully saturated rings. The number of rotatable bonds is 1. The topological polar surface area (TPSA) is 49.1 Å². The number of ether oxygens (including phenoxy) is 1. The fourth-order valence-corrected chi connectivity index (χ4v) is 2.66. The van der Waals surface area contributed by atoms with Crippen molar-refractivity contribution in [2.75, 3.05) is 20.7 Å². The van der Waals surface area contributed by atoms with Gasteiger partial charge in [0.05, 0.1) is 12.7 Å². The third-order valence-corrected chi connectivity index (χ3v) is 3.66. The van der Waals surface area contributed by atoms with Crippen LogP contribution in [0.2, 0.25) is 0 Å². The molecule has 0 unspecified atom stereocenters. The summed E-state index contributed by atoms with van der Waals surface area (Å²) in [4.78, 5) is 6.95. The van der Waals surface area contributed by atoms with Gasteiger partial charge < -0.3 is 9.64 Å². The zero-order valence-corrected chi connectivity index (χ0v) is 11.1. The summed E-state index contributed by atoms with van der Waals surface area (Å²) >= 11 is 0. The molecule has 0 N–H and O–H groups in total. The van der Waals surface area contributed by atoms with Crippen molar-refractivity contribution < 1.29 is 4.74 Å². The Bertz CT molecular complexity index is 688. The van der Waals surface area contributed by atoms with E-state index in [1.807, 2.05) is 18.2 Å². The molecule has 0 amide bonds. The van der Waals surface area contributed by atoms with Crippen LogP contribution in [-0.4, -0.2) is 30.6 Å². The van der Waals surface area contributed by atoms with Gasteiger partial charge in [0.25, 0.3) is 0 Å². The number of fused-ring (bicyclic) bond motifs is 2. The Hall–Kier alpha value is -2.12. The highest BCUT2D eigenvalue weighted by atomic mass is 16.5. The van der Waals surface area contributed by atoms with Crippen LogP contribution in [0.5, 0.6) is 5.75 Å². The van der Waals surface area contributed by atoms with Crippen LogP contribution in [0.3, 0.4) is 0 Å². The molecule has 0 bridgehead atoms. The van der Waals surface area contributed by atoms with E-state index in [0.717, 1.165) is 53.0 Å². The van der Waals surface area contributed by atoms with Crippen LogP contribution in [0.1, 0.15) is 16.8 Å². The third kappa shape index (κ3) is 1.83. The standard InChI is InChI=1S/C15H15N3O/c1-18-7-6-13-12(9-18)11(8-16)10-4-3-5-14(19-2)15(10)17-13/h3-5H,6-7,9H2,1-2H3. The molecule has 1 aromatic heterocycles. The Kier molecular flexibility index (Phi) is 2.84. The largest absolute Gasteiger partial charge is 0.494 e. The number of para-hydroxylation sites is 1. The van der Waals surface area contributed by atoms with E-state index in [2.05, 4.69) is 18.0 Å². The van der Waals surface area contributed by atoms with Crippen molar-refractivity contribution >= 4 is 10.9 Å². The summed E-state index contributed by atoms with van der Waals surface area (Å²) in [6.07, 6.45) is 0.883. The molecular weight excluding hydrogens is 238 g/mol. The van der Waals surface area contributed by atoms with Gasteiger partial charge in [-0.15, -0.1) is 0 Å². The van der Waals surface area contributed by atoms with Crippen molar-refractivity contribution in [1.29, 1.82) is 5.26 Å². The second-order valence-corrected chi connectivity index (χ2v) is 4.87. The first kappa shape index (κ1) is 11.9. The van der Waals surface area contributed by atoms with Gasteiger partial charge in [0.15, 0.2) is 0 Å². The molecule has 0 aliphatic carbocycles. The van der Waals surface area contributed by atoms with Gasteiger partial charge in [-0.25, -0.2) is 4.98 Å². The van der Waals surface area contributed by atoms with Gasteiger partial charge in [0.2, 0.25) is 0 Å². The first-order chi connectivity index (χ1) is 9.24. The van der Waals surface area contributed by atoms with Gasteiger partial charge in [-0.2, -0.15) is 5.26 Å². The average Bonchev–Trinajstić information content (AvgIpc) is 2.44. The maximum atomic E-state index is 9.50. The zero-order chi connectivity index (χ0) is 13.4. The predicted octanol–water partition coefficient (Wildman–Crippen LogP) is 2.10. The number of likely N-dealkylation sites (N-methyl/N-ethyl adjacent to an activating group) is 1. The third-order valence-electron chi connectivity index (χ3n) is 3.66. The number of pyridine rings is 1. The predicted molar refractivity (Wildman–Crippen MR) is 73.0 cm³/mol. The summed E-state index contributed by atoms with van der Waals surface area (Å²) in [6.45, 7) is 1.77. The number of hydrogen-bond acceptors (Lipinski definition) is 4. The van der Waals surface area contributed by atoms with E-state index in [4.69, 9.17) is 9.72 Å². The number of nitrogens with zero attached hydrogens (tertiary/aromatic N) is 3. The van der Waals surface area contributed by atoms with Gasteiger partial charge in [-0.05, 0) is 13.1 Å². The molecule has 0 radical (unpaired) electrons. The molecule has 1 aromatic carbocycles. The summed E-state index contributed by atoms with van der Waals surface area (Å²) in [5.41, 5.74) is 3.64. The lowest BCUT2D eigenvalue weighted by Crippen LogP contribution is -2.28. The SMILES string of the molecule is COc1cccc2c(C#N)c3c(nc12)CCN(C)C3. The molecule has 96 valence electrons. The van der Waals surface area contributed by atoms with E-state index >= 15 is 0 Å². The quantitative estimate of drug-likeness (QED) is 0.781. The smallest absolute Gasteiger partial charge is 0.145 e. The Balaban J connectivity index is 2.36. The zero-order valence-electron chi connectivity index (χ0n) is 11.1. The molecule has 3 rings (SSSR count). The number of benzene rings is 1. The minimum absolute atomic E-state index is 0.732. The minimum atomic E-state index is 0.732. The van der Waals surface area contributed by atoms with Crippen LogP contribution in [0.15, 0.2) is 18.2 Å². The van der Waals surface area contributed by atoms with Crippen molar-refractivity contribution in [2.45, 2.75) is 13.0 Å². The summed E-state index contributed by atoms with van der Waals surface area (Å²) < 4.78 is 5.36. The molecule has 2 heterocycles. The lowest BCUT2D eigenvalue weighted by Gasteiger charge is -2.25. The molecule has 0 saturated heterocycles. The molecule has 4 heteroatoms. The molecule has 0 atom stereocenters. The van der Waals surface area contributed by atoms with Gasteiger partial charge in [-0.1, -0.05) is 12.1 Å². The monoisotopic (exact) mass is 253 g/mol.